The van der Waals surface area contributed by atoms with Gasteiger partial charge < -0.3 is 15.1 Å². The Labute approximate surface area is 199 Å². The lowest BCUT2D eigenvalue weighted by atomic mass is 9.87. The molecule has 2 aliphatic heterocycles. The minimum Gasteiger partial charge on any atom is -0.341 e. The number of halogens is 1. The highest BCUT2D eigenvalue weighted by Gasteiger charge is 2.37. The molecule has 0 aromatic heterocycles. The fourth-order valence-corrected chi connectivity index (χ4v) is 4.90. The van der Waals surface area contributed by atoms with Gasteiger partial charge in [-0.05, 0) is 74.4 Å². The Balaban J connectivity index is 1.46. The van der Waals surface area contributed by atoms with Crippen LogP contribution in [0.5, 0.6) is 0 Å². The monoisotopic (exact) mass is 467 g/mol. The first-order chi connectivity index (χ1) is 15.9. The average Bonchev–Trinajstić information content (AvgIpc) is 3.38. The average molecular weight is 468 g/mol. The molecule has 174 valence electrons. The number of amides is 3. The van der Waals surface area contributed by atoms with Crippen LogP contribution in [0.2, 0.25) is 5.02 Å². The van der Waals surface area contributed by atoms with E-state index in [1.807, 2.05) is 34.9 Å². The number of nitrogens with zero attached hydrogens (tertiary/aromatic N) is 2. The fraction of sp³-hybridized carbons (Fsp3) is 0.423. The van der Waals surface area contributed by atoms with Gasteiger partial charge in [-0.2, -0.15) is 0 Å². The summed E-state index contributed by atoms with van der Waals surface area (Å²) in [5, 5.41) is 3.65. The Morgan fingerprint density at radius 2 is 1.55 bits per heavy atom. The van der Waals surface area contributed by atoms with E-state index in [2.05, 4.69) is 5.32 Å². The summed E-state index contributed by atoms with van der Waals surface area (Å²) in [7, 11) is 0. The Morgan fingerprint density at radius 1 is 0.909 bits per heavy atom. The molecule has 1 N–H and O–H groups in total. The summed E-state index contributed by atoms with van der Waals surface area (Å²) in [6.45, 7) is 4.48. The lowest BCUT2D eigenvalue weighted by molar-refractivity contribution is -0.134. The van der Waals surface area contributed by atoms with E-state index in [0.717, 1.165) is 31.5 Å². The topological polar surface area (TPSA) is 69.7 Å². The van der Waals surface area contributed by atoms with Crippen LogP contribution in [0, 0.1) is 12.8 Å². The fourth-order valence-electron chi connectivity index (χ4n) is 4.77. The van der Waals surface area contributed by atoms with E-state index in [1.165, 1.54) is 0 Å². The third-order valence-corrected chi connectivity index (χ3v) is 7.00. The summed E-state index contributed by atoms with van der Waals surface area (Å²) in [6, 6.07) is 13.7. The molecule has 7 heteroatoms. The number of likely N-dealkylation sites (tertiary alicyclic amines) is 2. The normalized spacial score (nSPS) is 17.6. The van der Waals surface area contributed by atoms with Gasteiger partial charge >= 0.3 is 0 Å². The third kappa shape index (κ3) is 5.38. The quantitative estimate of drug-likeness (QED) is 0.724. The van der Waals surface area contributed by atoms with Crippen molar-refractivity contribution in [3.63, 3.8) is 0 Å². The van der Waals surface area contributed by atoms with Crippen molar-refractivity contribution in [1.82, 2.24) is 15.1 Å². The van der Waals surface area contributed by atoms with Crippen LogP contribution in [0.25, 0.3) is 0 Å². The van der Waals surface area contributed by atoms with Gasteiger partial charge in [0.25, 0.3) is 11.8 Å². The SMILES string of the molecule is Cc1ccccc1C(=O)NC(C(=O)N1CCCC1)C1CCN(C(=O)c2ccc(Cl)cc2)CC1. The predicted octanol–water partition coefficient (Wildman–Crippen LogP) is 3.92. The molecule has 2 aromatic rings. The zero-order valence-corrected chi connectivity index (χ0v) is 19.7. The van der Waals surface area contributed by atoms with Crippen molar-refractivity contribution in [3.8, 4) is 0 Å². The number of carbonyl (C=O) groups excluding carboxylic acids is 3. The molecule has 3 amide bonds. The van der Waals surface area contributed by atoms with E-state index in [-0.39, 0.29) is 23.6 Å². The number of aryl methyl sites for hydroxylation is 1. The zero-order chi connectivity index (χ0) is 23.4. The molecule has 2 fully saturated rings. The number of piperidine rings is 1. The first kappa shape index (κ1) is 23.3. The molecule has 1 unspecified atom stereocenters. The number of nitrogens with one attached hydrogen (secondary N) is 1. The minimum atomic E-state index is -0.581. The molecule has 33 heavy (non-hydrogen) atoms. The Hall–Kier alpha value is -2.86. The predicted molar refractivity (Wildman–Crippen MR) is 128 cm³/mol. The summed E-state index contributed by atoms with van der Waals surface area (Å²) in [5.74, 6) is -0.265. The van der Waals surface area contributed by atoms with Crippen molar-refractivity contribution in [2.24, 2.45) is 5.92 Å². The van der Waals surface area contributed by atoms with E-state index in [4.69, 9.17) is 11.6 Å². The molecule has 0 aliphatic carbocycles. The Kier molecular flexibility index (Phi) is 7.33. The van der Waals surface area contributed by atoms with Crippen LogP contribution in [0.3, 0.4) is 0 Å². The molecule has 4 rings (SSSR count). The summed E-state index contributed by atoms with van der Waals surface area (Å²) in [6.07, 6.45) is 3.33. The third-order valence-electron chi connectivity index (χ3n) is 6.75. The second kappa shape index (κ2) is 10.4. The first-order valence-electron chi connectivity index (χ1n) is 11.6. The summed E-state index contributed by atoms with van der Waals surface area (Å²) in [5.41, 5.74) is 2.08. The van der Waals surface area contributed by atoms with Gasteiger partial charge in [0.1, 0.15) is 6.04 Å². The molecule has 6 nitrogen and oxygen atoms in total. The first-order valence-corrected chi connectivity index (χ1v) is 12.0. The lowest BCUT2D eigenvalue weighted by Crippen LogP contribution is -2.54. The van der Waals surface area contributed by atoms with Crippen LogP contribution in [0.15, 0.2) is 48.5 Å². The molecule has 2 heterocycles. The molecule has 2 aromatic carbocycles. The van der Waals surface area contributed by atoms with Crippen molar-refractivity contribution < 1.29 is 14.4 Å². The molecule has 1 atom stereocenters. The van der Waals surface area contributed by atoms with Gasteiger partial charge in [0.15, 0.2) is 0 Å². The number of hydrogen-bond donors (Lipinski definition) is 1. The van der Waals surface area contributed by atoms with Crippen molar-refractivity contribution in [2.75, 3.05) is 26.2 Å². The number of rotatable bonds is 5. The molecular weight excluding hydrogens is 438 g/mol. The van der Waals surface area contributed by atoms with Crippen LogP contribution in [-0.2, 0) is 4.79 Å². The van der Waals surface area contributed by atoms with Gasteiger partial charge in [0.05, 0.1) is 0 Å². The van der Waals surface area contributed by atoms with E-state index in [0.29, 0.717) is 42.1 Å². The largest absolute Gasteiger partial charge is 0.341 e. The van der Waals surface area contributed by atoms with Crippen molar-refractivity contribution in [1.29, 1.82) is 0 Å². The highest BCUT2D eigenvalue weighted by Crippen LogP contribution is 2.25. The van der Waals surface area contributed by atoms with Crippen molar-refractivity contribution >= 4 is 29.3 Å². The van der Waals surface area contributed by atoms with Crippen LogP contribution in [0.1, 0.15) is 52.0 Å². The van der Waals surface area contributed by atoms with E-state index < -0.39 is 6.04 Å². The maximum atomic E-state index is 13.4. The van der Waals surface area contributed by atoms with Gasteiger partial charge in [-0.3, -0.25) is 14.4 Å². The summed E-state index contributed by atoms with van der Waals surface area (Å²) in [4.78, 5) is 43.0. The van der Waals surface area contributed by atoms with Crippen LogP contribution < -0.4 is 5.32 Å². The molecular formula is C26H30ClN3O3. The van der Waals surface area contributed by atoms with Crippen LogP contribution in [-0.4, -0.2) is 59.7 Å². The van der Waals surface area contributed by atoms with E-state index >= 15 is 0 Å². The molecule has 2 saturated heterocycles. The maximum Gasteiger partial charge on any atom is 0.253 e. The van der Waals surface area contributed by atoms with Gasteiger partial charge in [-0.25, -0.2) is 0 Å². The van der Waals surface area contributed by atoms with E-state index in [1.54, 1.807) is 30.3 Å². The van der Waals surface area contributed by atoms with Crippen molar-refractivity contribution in [3.05, 3.63) is 70.2 Å². The molecule has 0 bridgehead atoms. The highest BCUT2D eigenvalue weighted by molar-refractivity contribution is 6.30. The van der Waals surface area contributed by atoms with E-state index in [9.17, 15) is 14.4 Å². The van der Waals surface area contributed by atoms with Gasteiger partial charge in [0.2, 0.25) is 5.91 Å². The second-order valence-electron chi connectivity index (χ2n) is 8.93. The number of hydrogen-bond acceptors (Lipinski definition) is 3. The Bertz CT molecular complexity index is 1010. The van der Waals surface area contributed by atoms with Crippen molar-refractivity contribution in [2.45, 2.75) is 38.6 Å². The Morgan fingerprint density at radius 3 is 2.18 bits per heavy atom. The van der Waals surface area contributed by atoms with Gasteiger partial charge in [0, 0.05) is 42.3 Å². The molecule has 2 aliphatic rings. The zero-order valence-electron chi connectivity index (χ0n) is 18.9. The maximum absolute atomic E-state index is 13.4. The number of carbonyl (C=O) groups is 3. The highest BCUT2D eigenvalue weighted by atomic mass is 35.5. The summed E-state index contributed by atoms with van der Waals surface area (Å²) < 4.78 is 0. The lowest BCUT2D eigenvalue weighted by Gasteiger charge is -2.37. The van der Waals surface area contributed by atoms with Crippen LogP contribution >= 0.6 is 11.6 Å². The summed E-state index contributed by atoms with van der Waals surface area (Å²) >= 11 is 5.94. The van der Waals surface area contributed by atoms with Gasteiger partial charge in [-0.1, -0.05) is 29.8 Å². The molecule has 0 spiro atoms. The standard InChI is InChI=1S/C26H30ClN3O3/c1-18-6-2-3-7-22(18)24(31)28-23(26(33)29-14-4-5-15-29)19-12-16-30(17-13-19)25(32)20-8-10-21(27)11-9-20/h2-3,6-11,19,23H,4-5,12-17H2,1H3,(H,28,31). The van der Waals surface area contributed by atoms with Gasteiger partial charge in [-0.15, -0.1) is 0 Å². The smallest absolute Gasteiger partial charge is 0.253 e. The molecule has 0 saturated carbocycles. The van der Waals surface area contributed by atoms with Crippen LogP contribution in [0.4, 0.5) is 0 Å². The minimum absolute atomic E-state index is 0.00286. The number of benzene rings is 2. The second-order valence-corrected chi connectivity index (χ2v) is 9.37. The molecule has 0 radical (unpaired) electrons.